The van der Waals surface area contributed by atoms with Crippen LogP contribution in [0.2, 0.25) is 0 Å². The predicted octanol–water partition coefficient (Wildman–Crippen LogP) is 32.4. The van der Waals surface area contributed by atoms with Crippen molar-refractivity contribution in [2.75, 3.05) is 14.7 Å². The van der Waals surface area contributed by atoms with Crippen molar-refractivity contribution in [1.82, 2.24) is 29.9 Å². The Labute approximate surface area is 847 Å². The largest absolute Gasteiger partial charge is 0.494 e. The Balaban J connectivity index is 0.000000138. The average Bonchev–Trinajstić information content (AvgIpc) is 1.000. The van der Waals surface area contributed by atoms with Gasteiger partial charge < -0.3 is 18.6 Å². The van der Waals surface area contributed by atoms with Gasteiger partial charge in [-0.15, -0.1) is 0 Å². The van der Waals surface area contributed by atoms with E-state index in [9.17, 15) is 0 Å². The van der Waals surface area contributed by atoms with Crippen molar-refractivity contribution in [3.63, 3.8) is 0 Å². The molecule has 0 spiro atoms. The van der Waals surface area contributed by atoms with Gasteiger partial charge >= 0.3 is 14.2 Å². The van der Waals surface area contributed by atoms with Crippen LogP contribution < -0.4 is 25.6 Å². The molecule has 6 aromatic heterocycles. The number of nitrogens with zero attached hydrogens (tertiary/aromatic N) is 9. The van der Waals surface area contributed by atoms with Crippen molar-refractivity contribution >= 4 is 179 Å². The maximum Gasteiger partial charge on any atom is 0.494 e. The van der Waals surface area contributed by atoms with Gasteiger partial charge in [-0.05, 0) is 377 Å². The summed E-state index contributed by atoms with van der Waals surface area (Å²) in [6.07, 6.45) is 10.8. The number of hydrogen-bond acceptors (Lipinski definition) is 13. The summed E-state index contributed by atoms with van der Waals surface area (Å²) in [6, 6.07) is 150. The first-order chi connectivity index (χ1) is 70.3. The van der Waals surface area contributed by atoms with Gasteiger partial charge in [0.15, 0.2) is 0 Å². The maximum atomic E-state index is 6.61. The first-order valence-electron chi connectivity index (χ1n) is 48.8. The highest BCUT2D eigenvalue weighted by Gasteiger charge is 2.53. The Hall–Kier alpha value is -16.4. The lowest BCUT2D eigenvalue weighted by Gasteiger charge is -2.32. The zero-order chi connectivity index (χ0) is 97.8. The van der Waals surface area contributed by atoms with Gasteiger partial charge in [-0.3, -0.25) is 14.7 Å². The van der Waals surface area contributed by atoms with Crippen LogP contribution in [0, 0.1) is 0 Å². The van der Waals surface area contributed by atoms with E-state index >= 15 is 0 Å². The molecule has 16 heteroatoms. The fourth-order valence-electron chi connectivity index (χ4n) is 20.0. The molecule has 0 unspecified atom stereocenters. The predicted molar refractivity (Wildman–Crippen MR) is 602 cm³/mol. The SMILES string of the molecule is Brc1ccc(N(c2ccccn2)c2ccccn2)cc1.CC1(C)OB(c2ccc3c(-c4ccc5ccccc5c4)c4cc(B5OC(C)(C)C(C)(C)O5)ccc4c(-c4ccc5ccccc5c4)c3c2)OC1(C)C.c1ccc(N(c2ccc(-c3ccc4c(-c5ccc6ccccc6c5)c5cc(-c6ccc(N(c7ccccn7)c7ccccn7)cc6)ccc5c(-c5ccc6ccccc6c5)c4c3)cc2)c2ccccn2)nc1. The Morgan fingerprint density at radius 3 is 0.660 bits per heavy atom. The Morgan fingerprint density at radius 2 is 0.410 bits per heavy atom. The first kappa shape index (κ1) is 91.4. The highest BCUT2D eigenvalue weighted by Crippen LogP contribution is 2.51. The summed E-state index contributed by atoms with van der Waals surface area (Å²) in [5.74, 6) is 4.89. The van der Waals surface area contributed by atoms with Gasteiger partial charge in [-0.25, -0.2) is 29.9 Å². The Bertz CT molecular complexity index is 8150. The highest BCUT2D eigenvalue weighted by molar-refractivity contribution is 9.10. The van der Waals surface area contributed by atoms with Gasteiger partial charge in [0.1, 0.15) is 34.9 Å². The van der Waals surface area contributed by atoms with Crippen molar-refractivity contribution in [1.29, 1.82) is 0 Å². The van der Waals surface area contributed by atoms with Crippen molar-refractivity contribution in [3.8, 4) is 66.8 Å². The van der Waals surface area contributed by atoms with Crippen LogP contribution in [0.4, 0.5) is 52.0 Å². The van der Waals surface area contributed by atoms with Gasteiger partial charge in [0.05, 0.1) is 22.4 Å². The fourth-order valence-corrected chi connectivity index (χ4v) is 20.2. The third kappa shape index (κ3) is 17.7. The lowest BCUT2D eigenvalue weighted by Crippen LogP contribution is -2.41. The number of pyridine rings is 6. The van der Waals surface area contributed by atoms with E-state index < -0.39 is 36.6 Å². The minimum atomic E-state index is -0.482. The minimum Gasteiger partial charge on any atom is -0.399 e. The van der Waals surface area contributed by atoms with Crippen LogP contribution in [-0.2, 0) is 18.6 Å². The third-order valence-electron chi connectivity index (χ3n) is 28.8. The van der Waals surface area contributed by atoms with Crippen LogP contribution in [0.1, 0.15) is 55.4 Å². The summed E-state index contributed by atoms with van der Waals surface area (Å²) in [7, 11) is -0.964. The molecule has 2 aliphatic rings. The van der Waals surface area contributed by atoms with E-state index in [1.807, 2.05) is 163 Å². The van der Waals surface area contributed by atoms with E-state index in [0.29, 0.717) is 0 Å². The van der Waals surface area contributed by atoms with E-state index in [2.05, 4.69) is 382 Å². The molecular weight excluding hydrogens is 1830 g/mol. The molecule has 0 amide bonds. The highest BCUT2D eigenvalue weighted by atomic mass is 79.9. The topological polar surface area (TPSA) is 124 Å². The number of rotatable bonds is 17. The van der Waals surface area contributed by atoms with E-state index in [0.717, 1.165) is 122 Å². The molecule has 25 rings (SSSR count). The standard InChI is InChI=1S/C66H44N6.C46H44B2O4.C16H12BrN3/c1-3-15-49-41-53(23-21-45(49)13-1)65-57-35-29-52(48-27-33-56(34-28-48)72(63-19-7-11-39-69-63)64-20-8-12-40-70-64)44-60(57)66(54-24-22-46-14-2-4-16-50(46)42-54)58-36-30-51(43-59(58)65)47-25-31-55(32-26-47)71(61-17-5-9-37-67-61)62-18-6-10-38-68-62;1-43(2)44(3,4)50-47(49-43)35-21-23-37-39(27-35)41(33-19-17-29-13-9-11-15-31(29)25-33)38-24-22-36(48-51-45(5,6)46(7,8)52-48)28-40(38)42(37)34-20-18-30-14-10-12-16-32(30)26-34;17-13-7-9-14(10-8-13)20(15-5-1-3-11-18-15)16-6-2-4-12-19-16/h1-44H;9-28H,1-8H3;1-12H. The molecule has 0 bridgehead atoms. The third-order valence-corrected chi connectivity index (χ3v) is 29.3. The molecule has 694 valence electrons. The van der Waals surface area contributed by atoms with Crippen molar-refractivity contribution in [2.45, 2.75) is 77.8 Å². The monoisotopic (exact) mass is 1930 g/mol. The van der Waals surface area contributed by atoms with Crippen LogP contribution in [-0.4, -0.2) is 66.5 Å². The van der Waals surface area contributed by atoms with Crippen molar-refractivity contribution in [2.24, 2.45) is 0 Å². The maximum absolute atomic E-state index is 6.61. The second-order valence-corrected chi connectivity index (χ2v) is 39.7. The molecular formula is C128H100B2BrN9O4. The van der Waals surface area contributed by atoms with Gasteiger partial charge in [-0.2, -0.15) is 0 Å². The number of hydrogen-bond donors (Lipinski definition) is 0. The molecule has 0 atom stereocenters. The summed E-state index contributed by atoms with van der Waals surface area (Å²) >= 11 is 3.46. The van der Waals surface area contributed by atoms with Gasteiger partial charge in [0.25, 0.3) is 0 Å². The van der Waals surface area contributed by atoms with E-state index in [1.165, 1.54) is 98.0 Å². The molecule has 0 aliphatic carbocycles. The lowest BCUT2D eigenvalue weighted by molar-refractivity contribution is 0.00578. The second kappa shape index (κ2) is 38.2. The normalized spacial score (nSPS) is 14.0. The van der Waals surface area contributed by atoms with Gasteiger partial charge in [0, 0.05) is 58.7 Å². The molecule has 23 aromatic rings. The second-order valence-electron chi connectivity index (χ2n) is 38.8. The fraction of sp³-hybridized carbons (Fsp3) is 0.0938. The van der Waals surface area contributed by atoms with Gasteiger partial charge in [0.2, 0.25) is 0 Å². The molecule has 0 N–H and O–H groups in total. The smallest absolute Gasteiger partial charge is 0.399 e. The summed E-state index contributed by atoms with van der Waals surface area (Å²) in [4.78, 5) is 33.9. The lowest BCUT2D eigenvalue weighted by atomic mass is 9.74. The average molecular weight is 1930 g/mol. The summed E-state index contributed by atoms with van der Waals surface area (Å²) < 4.78 is 27.5. The first-order valence-corrected chi connectivity index (χ1v) is 49.6. The van der Waals surface area contributed by atoms with Crippen LogP contribution in [0.3, 0.4) is 0 Å². The molecule has 2 saturated heterocycles. The summed E-state index contributed by atoms with van der Waals surface area (Å²) in [5, 5.41) is 19.1. The number of fused-ring (bicyclic) bond motifs is 8. The van der Waals surface area contributed by atoms with E-state index in [-0.39, 0.29) is 0 Å². The van der Waals surface area contributed by atoms with Gasteiger partial charge in [-0.1, -0.05) is 283 Å². The minimum absolute atomic E-state index is 0.447. The van der Waals surface area contributed by atoms with Crippen LogP contribution >= 0.6 is 15.9 Å². The number of benzene rings is 17. The Morgan fingerprint density at radius 1 is 0.194 bits per heavy atom. The van der Waals surface area contributed by atoms with Crippen molar-refractivity contribution in [3.05, 3.63) is 466 Å². The summed E-state index contributed by atoms with van der Waals surface area (Å²) in [6.45, 7) is 16.9. The molecule has 144 heavy (non-hydrogen) atoms. The number of aromatic nitrogens is 6. The van der Waals surface area contributed by atoms with E-state index in [4.69, 9.17) is 38.6 Å². The number of halogens is 1. The number of anilines is 9. The zero-order valence-electron chi connectivity index (χ0n) is 81.1. The molecule has 8 heterocycles. The Kier molecular flexibility index (Phi) is 24.2. The molecule has 13 nitrogen and oxygen atoms in total. The quantitative estimate of drug-likeness (QED) is 0.0635. The van der Waals surface area contributed by atoms with Crippen molar-refractivity contribution < 1.29 is 18.6 Å². The zero-order valence-corrected chi connectivity index (χ0v) is 82.7. The molecule has 2 aliphatic heterocycles. The summed E-state index contributed by atoms with van der Waals surface area (Å²) in [5.41, 5.74) is 17.1. The van der Waals surface area contributed by atoms with Crippen LogP contribution in [0.5, 0.6) is 0 Å². The molecule has 0 saturated carbocycles. The molecule has 17 aromatic carbocycles. The molecule has 0 radical (unpaired) electrons. The van der Waals surface area contributed by atoms with Crippen LogP contribution in [0.25, 0.3) is 153 Å². The van der Waals surface area contributed by atoms with Crippen LogP contribution in [0.15, 0.2) is 466 Å². The van der Waals surface area contributed by atoms with E-state index in [1.54, 1.807) is 12.4 Å². The molecule has 2 fully saturated rings.